The number of nitrogens with one attached hydrogen (secondary N) is 1. The van der Waals surface area contributed by atoms with E-state index in [1.54, 1.807) is 29.8 Å². The van der Waals surface area contributed by atoms with Gasteiger partial charge >= 0.3 is 0 Å². The highest BCUT2D eigenvalue weighted by Crippen LogP contribution is 2.34. The lowest BCUT2D eigenvalue weighted by Crippen LogP contribution is -2.40. The van der Waals surface area contributed by atoms with Gasteiger partial charge in [0.2, 0.25) is 5.60 Å². The SMILES string of the molecule is CN1CC[C@@](O)(C#Cc2ccc3c(c2)-c2nc(C(N)=O)c(C(=O)NC4CCOCC4)n2CCO3)C1=O. The summed E-state index contributed by atoms with van der Waals surface area (Å²) in [5.74, 6) is 4.76. The van der Waals surface area contributed by atoms with E-state index in [9.17, 15) is 19.5 Å². The van der Waals surface area contributed by atoms with E-state index in [0.717, 1.165) is 0 Å². The van der Waals surface area contributed by atoms with Crippen molar-refractivity contribution in [2.45, 2.75) is 37.5 Å². The number of likely N-dealkylation sites (N-methyl/N-ethyl adjacent to an activating group) is 1. The highest BCUT2D eigenvalue weighted by molar-refractivity contribution is 6.05. The van der Waals surface area contributed by atoms with Crippen LogP contribution >= 0.6 is 0 Å². The smallest absolute Gasteiger partial charge is 0.270 e. The van der Waals surface area contributed by atoms with Crippen LogP contribution in [0.15, 0.2) is 18.2 Å². The molecule has 4 heterocycles. The molecule has 0 radical (unpaired) electrons. The maximum atomic E-state index is 13.3. The standard InChI is InChI=1S/C25H27N5O6/c1-29-9-8-25(34,24(29)33)7-4-15-2-3-18-17(14-15)22-28-19(21(26)31)20(30(22)10-13-36-18)23(32)27-16-5-11-35-12-6-16/h2-3,14,16,34H,5-6,8-13H2,1H3,(H2,26,31)(H,27,32)/t25-/m0/s1. The largest absolute Gasteiger partial charge is 0.491 e. The highest BCUT2D eigenvalue weighted by Gasteiger charge is 2.42. The highest BCUT2D eigenvalue weighted by atomic mass is 16.5. The number of amides is 3. The fourth-order valence-corrected chi connectivity index (χ4v) is 4.67. The predicted octanol–water partition coefficient (Wildman–Crippen LogP) is -0.105. The molecule has 0 saturated carbocycles. The van der Waals surface area contributed by atoms with Gasteiger partial charge in [-0.3, -0.25) is 14.4 Å². The first-order valence-corrected chi connectivity index (χ1v) is 11.8. The van der Waals surface area contributed by atoms with E-state index in [1.807, 2.05) is 0 Å². The minimum Gasteiger partial charge on any atom is -0.491 e. The Labute approximate surface area is 207 Å². The second kappa shape index (κ2) is 9.29. The minimum atomic E-state index is -1.73. The number of primary amides is 1. The lowest BCUT2D eigenvalue weighted by molar-refractivity contribution is -0.137. The first kappa shape index (κ1) is 23.8. The minimum absolute atomic E-state index is 0.0718. The van der Waals surface area contributed by atoms with Gasteiger partial charge in [0, 0.05) is 44.8 Å². The number of carbonyl (C=O) groups excluding carboxylic acids is 3. The van der Waals surface area contributed by atoms with Gasteiger partial charge in [-0.05, 0) is 31.0 Å². The van der Waals surface area contributed by atoms with Crippen LogP contribution < -0.4 is 15.8 Å². The summed E-state index contributed by atoms with van der Waals surface area (Å²) in [6, 6.07) is 5.05. The van der Waals surface area contributed by atoms with Gasteiger partial charge in [0.05, 0.1) is 12.1 Å². The van der Waals surface area contributed by atoms with Crippen molar-refractivity contribution in [2.75, 3.05) is 33.4 Å². The summed E-state index contributed by atoms with van der Waals surface area (Å²) in [5, 5.41) is 13.6. The van der Waals surface area contributed by atoms with E-state index < -0.39 is 23.3 Å². The van der Waals surface area contributed by atoms with Crippen molar-refractivity contribution in [3.63, 3.8) is 0 Å². The third-order valence-electron chi connectivity index (χ3n) is 6.69. The summed E-state index contributed by atoms with van der Waals surface area (Å²) < 4.78 is 12.9. The average molecular weight is 494 g/mol. The predicted molar refractivity (Wildman–Crippen MR) is 127 cm³/mol. The molecule has 3 aliphatic heterocycles. The normalized spacial score (nSPS) is 21.5. The van der Waals surface area contributed by atoms with Gasteiger partial charge < -0.3 is 35.1 Å². The van der Waals surface area contributed by atoms with Crippen molar-refractivity contribution in [1.82, 2.24) is 19.8 Å². The Balaban J connectivity index is 1.53. The van der Waals surface area contributed by atoms with E-state index >= 15 is 0 Å². The van der Waals surface area contributed by atoms with Crippen molar-refractivity contribution < 1.29 is 29.0 Å². The number of ether oxygens (including phenoxy) is 2. The topological polar surface area (TPSA) is 149 Å². The maximum absolute atomic E-state index is 13.3. The second-order valence-corrected chi connectivity index (χ2v) is 9.16. The van der Waals surface area contributed by atoms with Crippen molar-refractivity contribution >= 4 is 17.7 Å². The van der Waals surface area contributed by atoms with Crippen LogP contribution in [-0.2, 0) is 16.1 Å². The van der Waals surface area contributed by atoms with Gasteiger partial charge in [0.1, 0.15) is 23.9 Å². The van der Waals surface area contributed by atoms with Crippen LogP contribution in [0.2, 0.25) is 0 Å². The summed E-state index contributed by atoms with van der Waals surface area (Å²) >= 11 is 0. The lowest BCUT2D eigenvalue weighted by atomic mass is 10.0. The number of nitrogens with zero attached hydrogens (tertiary/aromatic N) is 3. The number of likely N-dealkylation sites (tertiary alicyclic amines) is 1. The van der Waals surface area contributed by atoms with Gasteiger partial charge in [-0.25, -0.2) is 4.98 Å². The van der Waals surface area contributed by atoms with Crippen LogP contribution in [-0.4, -0.2) is 82.3 Å². The molecule has 1 aromatic heterocycles. The number of aliphatic hydroxyl groups is 1. The van der Waals surface area contributed by atoms with Gasteiger partial charge in [-0.1, -0.05) is 11.8 Å². The molecule has 36 heavy (non-hydrogen) atoms. The van der Waals surface area contributed by atoms with E-state index in [0.29, 0.717) is 55.3 Å². The molecule has 1 atom stereocenters. The monoisotopic (exact) mass is 493 g/mol. The van der Waals surface area contributed by atoms with Crippen LogP contribution in [0.4, 0.5) is 0 Å². The van der Waals surface area contributed by atoms with Gasteiger partial charge in [0.15, 0.2) is 5.69 Å². The zero-order valence-corrected chi connectivity index (χ0v) is 19.9. The third-order valence-corrected chi connectivity index (χ3v) is 6.69. The number of imidazole rings is 1. The molecule has 3 aliphatic rings. The van der Waals surface area contributed by atoms with Crippen LogP contribution in [0.3, 0.4) is 0 Å². The number of rotatable bonds is 3. The molecule has 3 amide bonds. The zero-order chi connectivity index (χ0) is 25.4. The second-order valence-electron chi connectivity index (χ2n) is 9.16. The Kier molecular flexibility index (Phi) is 6.15. The summed E-state index contributed by atoms with van der Waals surface area (Å²) in [6.07, 6.45) is 1.58. The Bertz CT molecular complexity index is 1300. The molecule has 11 nitrogen and oxygen atoms in total. The van der Waals surface area contributed by atoms with Crippen LogP contribution in [0, 0.1) is 11.8 Å². The molecule has 1 aromatic carbocycles. The number of aromatic nitrogens is 2. The summed E-state index contributed by atoms with van der Waals surface area (Å²) in [6.45, 7) is 2.06. The number of nitrogens with two attached hydrogens (primary N) is 1. The van der Waals surface area contributed by atoms with Crippen molar-refractivity contribution in [2.24, 2.45) is 5.73 Å². The van der Waals surface area contributed by atoms with Crippen molar-refractivity contribution in [3.05, 3.63) is 35.2 Å². The molecule has 0 bridgehead atoms. The fourth-order valence-electron chi connectivity index (χ4n) is 4.67. The number of hydrogen-bond acceptors (Lipinski definition) is 7. The van der Waals surface area contributed by atoms with Crippen molar-refractivity contribution in [3.8, 4) is 29.0 Å². The molecule has 11 heteroatoms. The average Bonchev–Trinajstić information content (AvgIpc) is 3.31. The molecule has 188 valence electrons. The number of benzene rings is 1. The number of fused-ring (bicyclic) bond motifs is 3. The summed E-state index contributed by atoms with van der Waals surface area (Å²) in [4.78, 5) is 43.7. The number of carbonyl (C=O) groups is 3. The van der Waals surface area contributed by atoms with Crippen LogP contribution in [0.5, 0.6) is 5.75 Å². The first-order valence-electron chi connectivity index (χ1n) is 11.8. The molecule has 0 unspecified atom stereocenters. The Morgan fingerprint density at radius 2 is 2.03 bits per heavy atom. The Morgan fingerprint density at radius 3 is 2.72 bits per heavy atom. The molecular weight excluding hydrogens is 466 g/mol. The fraction of sp³-hybridized carbons (Fsp3) is 0.440. The first-order chi connectivity index (χ1) is 17.3. The molecule has 2 saturated heterocycles. The van der Waals surface area contributed by atoms with Gasteiger partial charge in [-0.15, -0.1) is 0 Å². The third kappa shape index (κ3) is 4.29. The molecular formula is C25H27N5O6. The molecule has 0 aliphatic carbocycles. The molecule has 4 N–H and O–H groups in total. The maximum Gasteiger partial charge on any atom is 0.270 e. The van der Waals surface area contributed by atoms with E-state index in [-0.39, 0.29) is 37.0 Å². The van der Waals surface area contributed by atoms with E-state index in [4.69, 9.17) is 15.2 Å². The lowest BCUT2D eigenvalue weighted by Gasteiger charge is -2.23. The Morgan fingerprint density at radius 1 is 1.25 bits per heavy atom. The van der Waals surface area contributed by atoms with Crippen LogP contribution in [0.25, 0.3) is 11.4 Å². The van der Waals surface area contributed by atoms with Crippen molar-refractivity contribution in [1.29, 1.82) is 0 Å². The summed E-state index contributed by atoms with van der Waals surface area (Å²) in [5.41, 5.74) is 4.89. The van der Waals surface area contributed by atoms with E-state index in [2.05, 4.69) is 22.1 Å². The summed E-state index contributed by atoms with van der Waals surface area (Å²) in [7, 11) is 1.62. The zero-order valence-electron chi connectivity index (χ0n) is 19.9. The van der Waals surface area contributed by atoms with Gasteiger partial charge in [0.25, 0.3) is 17.7 Å². The molecule has 2 aromatic rings. The molecule has 2 fully saturated rings. The van der Waals surface area contributed by atoms with Gasteiger partial charge in [-0.2, -0.15) is 0 Å². The van der Waals surface area contributed by atoms with Crippen LogP contribution in [0.1, 0.15) is 45.8 Å². The number of hydrogen-bond donors (Lipinski definition) is 3. The van der Waals surface area contributed by atoms with E-state index in [1.165, 1.54) is 4.90 Å². The quantitative estimate of drug-likeness (QED) is 0.505. The Hall–Kier alpha value is -3.88. The molecule has 5 rings (SSSR count). The molecule has 0 spiro atoms.